The van der Waals surface area contributed by atoms with Gasteiger partial charge in [0, 0.05) is 11.3 Å². The monoisotopic (exact) mass is 297 g/mol. The number of hydrogen-bond donors (Lipinski definition) is 0. The summed E-state index contributed by atoms with van der Waals surface area (Å²) in [4.78, 5) is 12.6. The molecular weight excluding hydrogens is 274 g/mol. The summed E-state index contributed by atoms with van der Waals surface area (Å²) in [5.41, 5.74) is -0.126. The topological polar surface area (TPSA) is 54.5 Å². The fourth-order valence-electron chi connectivity index (χ4n) is 5.41. The molecule has 0 N–H and O–H groups in total. The smallest absolute Gasteiger partial charge is 0.239 e. The third-order valence-corrected chi connectivity index (χ3v) is 8.97. The van der Waals surface area contributed by atoms with E-state index in [9.17, 15) is 13.2 Å². The largest absolute Gasteiger partial charge is 0.273 e. The highest BCUT2D eigenvalue weighted by atomic mass is 32.2. The molecule has 4 rings (SSSR count). The molecule has 0 radical (unpaired) electrons. The molecule has 0 aromatic rings. The van der Waals surface area contributed by atoms with Crippen LogP contribution in [-0.4, -0.2) is 30.4 Å². The van der Waals surface area contributed by atoms with Gasteiger partial charge in [-0.25, -0.2) is 12.7 Å². The third kappa shape index (κ3) is 1.29. The Kier molecular flexibility index (Phi) is 2.24. The minimum Gasteiger partial charge on any atom is -0.273 e. The molecule has 4 aliphatic rings. The standard InChI is InChI=1S/C15H23NO3S/c1-9-6-11(9)13(17)16-12-7-10-4-5-15(12,14(10,2)3)8-20(16,18)19/h9-12H,4-8H2,1-3H3/t9-,10-,11+,12-,15+/m1/s1. The van der Waals surface area contributed by atoms with Crippen LogP contribution >= 0.6 is 0 Å². The second-order valence-corrected chi connectivity index (χ2v) is 9.92. The van der Waals surface area contributed by atoms with Crippen molar-refractivity contribution in [1.82, 2.24) is 4.31 Å². The lowest BCUT2D eigenvalue weighted by Gasteiger charge is -2.37. The molecule has 0 unspecified atom stereocenters. The maximum Gasteiger partial charge on any atom is 0.239 e. The van der Waals surface area contributed by atoms with Crippen molar-refractivity contribution >= 4 is 15.9 Å². The summed E-state index contributed by atoms with van der Waals surface area (Å²) in [6, 6.07) is -0.0541. The van der Waals surface area contributed by atoms with Gasteiger partial charge in [-0.15, -0.1) is 0 Å². The van der Waals surface area contributed by atoms with E-state index in [1.165, 1.54) is 4.31 Å². The molecule has 5 atom stereocenters. The van der Waals surface area contributed by atoms with E-state index in [1.54, 1.807) is 0 Å². The normalized spacial score (nSPS) is 50.2. The van der Waals surface area contributed by atoms with E-state index in [-0.39, 0.29) is 34.4 Å². The summed E-state index contributed by atoms with van der Waals surface area (Å²) < 4.78 is 26.6. The lowest BCUT2D eigenvalue weighted by Crippen LogP contribution is -2.44. The van der Waals surface area contributed by atoms with Crippen molar-refractivity contribution in [3.05, 3.63) is 0 Å². The first kappa shape index (κ1) is 13.1. The molecule has 3 aliphatic carbocycles. The van der Waals surface area contributed by atoms with Crippen LogP contribution in [-0.2, 0) is 14.8 Å². The van der Waals surface area contributed by atoms with E-state index in [0.29, 0.717) is 11.8 Å². The van der Waals surface area contributed by atoms with Gasteiger partial charge in [-0.1, -0.05) is 20.8 Å². The maximum absolute atomic E-state index is 12.6. The minimum atomic E-state index is -3.41. The quantitative estimate of drug-likeness (QED) is 0.744. The van der Waals surface area contributed by atoms with Crippen molar-refractivity contribution in [3.8, 4) is 0 Å². The average Bonchev–Trinajstić information content (AvgIpc) is 2.88. The zero-order valence-corrected chi connectivity index (χ0v) is 13.2. The highest BCUT2D eigenvalue weighted by molar-refractivity contribution is 7.90. The number of carbonyl (C=O) groups is 1. The summed E-state index contributed by atoms with van der Waals surface area (Å²) in [5, 5.41) is 0. The molecule has 112 valence electrons. The SMILES string of the molecule is C[C@@H]1C[C@@H]1C(=O)N1[C@@H]2C[C@H]3CC[C@@]2(CS1(=O)=O)C3(C)C. The molecule has 4 fully saturated rings. The number of sulfonamides is 1. The van der Waals surface area contributed by atoms with Gasteiger partial charge in [-0.05, 0) is 42.9 Å². The van der Waals surface area contributed by atoms with Crippen molar-refractivity contribution < 1.29 is 13.2 Å². The van der Waals surface area contributed by atoms with Crippen LogP contribution in [0.3, 0.4) is 0 Å². The number of rotatable bonds is 1. The van der Waals surface area contributed by atoms with Crippen LogP contribution in [0.15, 0.2) is 0 Å². The van der Waals surface area contributed by atoms with Crippen LogP contribution in [0.4, 0.5) is 0 Å². The third-order valence-electron chi connectivity index (χ3n) is 7.06. The molecule has 1 amide bonds. The number of carbonyl (C=O) groups excluding carboxylic acids is 1. The number of amides is 1. The Morgan fingerprint density at radius 3 is 2.45 bits per heavy atom. The van der Waals surface area contributed by atoms with Gasteiger partial charge >= 0.3 is 0 Å². The number of nitrogens with zero attached hydrogens (tertiary/aromatic N) is 1. The van der Waals surface area contributed by atoms with Crippen LogP contribution in [0.1, 0.15) is 46.5 Å². The van der Waals surface area contributed by atoms with Crippen LogP contribution in [0.5, 0.6) is 0 Å². The molecule has 0 aromatic heterocycles. The van der Waals surface area contributed by atoms with E-state index < -0.39 is 10.0 Å². The first-order valence-electron chi connectivity index (χ1n) is 7.77. The first-order valence-corrected chi connectivity index (χ1v) is 9.37. The lowest BCUT2D eigenvalue weighted by atomic mass is 9.69. The van der Waals surface area contributed by atoms with Crippen LogP contribution < -0.4 is 0 Å². The Labute approximate surface area is 121 Å². The van der Waals surface area contributed by atoms with Crippen LogP contribution in [0.2, 0.25) is 0 Å². The molecule has 20 heavy (non-hydrogen) atoms. The van der Waals surface area contributed by atoms with E-state index >= 15 is 0 Å². The fourth-order valence-corrected chi connectivity index (χ4v) is 7.99. The molecule has 1 heterocycles. The van der Waals surface area contributed by atoms with E-state index in [1.807, 2.05) is 6.92 Å². The van der Waals surface area contributed by atoms with Crippen molar-refractivity contribution in [2.75, 3.05) is 5.75 Å². The molecule has 3 saturated carbocycles. The molecule has 5 heteroatoms. The molecule has 1 spiro atoms. The van der Waals surface area contributed by atoms with Gasteiger partial charge in [0.2, 0.25) is 15.9 Å². The summed E-state index contributed by atoms with van der Waals surface area (Å²) in [7, 11) is -3.41. The summed E-state index contributed by atoms with van der Waals surface area (Å²) in [6.45, 7) is 6.47. The molecule has 0 aromatic carbocycles. The summed E-state index contributed by atoms with van der Waals surface area (Å²) in [6.07, 6.45) is 3.84. The van der Waals surface area contributed by atoms with E-state index in [2.05, 4.69) is 13.8 Å². The maximum atomic E-state index is 12.6. The summed E-state index contributed by atoms with van der Waals surface area (Å²) in [5.74, 6) is 0.988. The van der Waals surface area contributed by atoms with Crippen molar-refractivity contribution in [2.45, 2.75) is 52.5 Å². The van der Waals surface area contributed by atoms with Crippen molar-refractivity contribution in [1.29, 1.82) is 0 Å². The second kappa shape index (κ2) is 3.42. The van der Waals surface area contributed by atoms with Gasteiger partial charge in [-0.2, -0.15) is 0 Å². The zero-order valence-electron chi connectivity index (χ0n) is 12.4. The van der Waals surface area contributed by atoms with Gasteiger partial charge in [0.15, 0.2) is 0 Å². The Hall–Kier alpha value is -0.580. The molecule has 1 saturated heterocycles. The lowest BCUT2D eigenvalue weighted by molar-refractivity contribution is -0.130. The Morgan fingerprint density at radius 1 is 1.25 bits per heavy atom. The van der Waals surface area contributed by atoms with Crippen LogP contribution in [0, 0.1) is 28.6 Å². The van der Waals surface area contributed by atoms with Gasteiger partial charge in [0.05, 0.1) is 11.8 Å². The summed E-state index contributed by atoms with van der Waals surface area (Å²) >= 11 is 0. The molecule has 2 bridgehead atoms. The number of fused-ring (bicyclic) bond motifs is 1. The predicted octanol–water partition coefficient (Wildman–Crippen LogP) is 2.01. The Balaban J connectivity index is 1.77. The Bertz CT molecular complexity index is 596. The van der Waals surface area contributed by atoms with E-state index in [4.69, 9.17) is 0 Å². The molecule has 1 aliphatic heterocycles. The molecule has 4 nitrogen and oxygen atoms in total. The average molecular weight is 297 g/mol. The van der Waals surface area contributed by atoms with Gasteiger partial charge in [0.25, 0.3) is 0 Å². The Morgan fingerprint density at radius 2 is 1.90 bits per heavy atom. The van der Waals surface area contributed by atoms with E-state index in [0.717, 1.165) is 25.7 Å². The predicted molar refractivity (Wildman–Crippen MR) is 75.2 cm³/mol. The highest BCUT2D eigenvalue weighted by Gasteiger charge is 2.72. The second-order valence-electron chi connectivity index (χ2n) is 8.07. The van der Waals surface area contributed by atoms with Gasteiger partial charge < -0.3 is 0 Å². The minimum absolute atomic E-state index is 0.0397. The fraction of sp³-hybridized carbons (Fsp3) is 0.933. The molecular formula is C15H23NO3S. The van der Waals surface area contributed by atoms with Gasteiger partial charge in [0.1, 0.15) is 0 Å². The van der Waals surface area contributed by atoms with Crippen molar-refractivity contribution in [3.63, 3.8) is 0 Å². The zero-order chi connectivity index (χ0) is 14.5. The first-order chi connectivity index (χ1) is 9.21. The number of hydrogen-bond acceptors (Lipinski definition) is 3. The van der Waals surface area contributed by atoms with Crippen molar-refractivity contribution in [2.24, 2.45) is 28.6 Å². The van der Waals surface area contributed by atoms with Gasteiger partial charge in [-0.3, -0.25) is 4.79 Å². The highest BCUT2D eigenvalue weighted by Crippen LogP contribution is 2.70. The van der Waals surface area contributed by atoms with Crippen LogP contribution in [0.25, 0.3) is 0 Å².